The van der Waals surface area contributed by atoms with E-state index < -0.39 is 278 Å². The predicted molar refractivity (Wildman–Crippen MR) is 261 cm³/mol. The van der Waals surface area contributed by atoms with Crippen molar-refractivity contribution >= 4 is 68.2 Å². The summed E-state index contributed by atoms with van der Waals surface area (Å²) in [5.74, 6) is -64.5. The number of rotatable bonds is 12. The third-order valence-corrected chi connectivity index (χ3v) is 13.0. The van der Waals surface area contributed by atoms with Crippen molar-refractivity contribution in [3.63, 3.8) is 0 Å². The lowest BCUT2D eigenvalue weighted by atomic mass is 9.94. The molecule has 458 valence electrons. The van der Waals surface area contributed by atoms with E-state index >= 15 is 70.2 Å². The molecule has 2 N–H and O–H groups in total. The first-order chi connectivity index (χ1) is 41.5. The summed E-state index contributed by atoms with van der Waals surface area (Å²) in [5.41, 5.74) is -32.8. The first-order valence-corrected chi connectivity index (χ1v) is 24.6. The Morgan fingerprint density at radius 3 is 0.761 bits per heavy atom. The molecular formula is C56H26F20N4O8. The average molecular weight is 1260 g/mol. The normalized spacial score (nSPS) is 12.4. The number of halogens is 20. The van der Waals surface area contributed by atoms with Gasteiger partial charge in [-0.25, -0.2) is 117 Å². The lowest BCUT2D eigenvalue weighted by Crippen LogP contribution is -2.11. The van der Waals surface area contributed by atoms with E-state index in [1.807, 2.05) is 0 Å². The van der Waals surface area contributed by atoms with E-state index in [9.17, 15) is 36.7 Å². The van der Waals surface area contributed by atoms with Crippen molar-refractivity contribution in [2.24, 2.45) is 0 Å². The first kappa shape index (κ1) is 62.5. The number of nitrogens with one attached hydrogen (secondary N) is 2. The van der Waals surface area contributed by atoms with Gasteiger partial charge in [0.25, 0.3) is 0 Å². The van der Waals surface area contributed by atoms with Crippen molar-refractivity contribution in [2.75, 3.05) is 26.4 Å². The number of aromatic amines is 2. The number of esters is 4. The van der Waals surface area contributed by atoms with Gasteiger partial charge in [-0.15, -0.1) is 0 Å². The van der Waals surface area contributed by atoms with Crippen molar-refractivity contribution in [1.29, 1.82) is 0 Å². The molecule has 9 rings (SSSR count). The Morgan fingerprint density at radius 1 is 0.295 bits per heavy atom. The van der Waals surface area contributed by atoms with Gasteiger partial charge in [-0.3, -0.25) is 0 Å². The molecule has 0 saturated heterocycles. The molecule has 7 aromatic rings. The number of ether oxygens (including phenoxy) is 4. The molecule has 12 nitrogen and oxygen atoms in total. The van der Waals surface area contributed by atoms with Crippen LogP contribution in [-0.4, -0.2) is 70.2 Å². The van der Waals surface area contributed by atoms with Crippen LogP contribution in [0.5, 0.6) is 0 Å². The van der Waals surface area contributed by atoms with Gasteiger partial charge in [0.05, 0.1) is 105 Å². The predicted octanol–water partition coefficient (Wildman–Crippen LogP) is 13.8. The zero-order chi connectivity index (χ0) is 64.7. The standard InChI is InChI=1S/C56H26F20N4O8/c1-5-85-53(81)25-17-9-14-22(30-35(59)43(67)50(74)44(68)36(30)60)27(55(83)87-7-3)19(78-14)11-16-24(32-39(63)47(71)52(76)48(72)40(32)64)28(56(84)88-8-4)20(80-16)12-15-23(31-37(61)45(69)51(75)46(70)38(31)62)26(54(82)86-6-2)18(79-15)10-13(77-17)21(25)29-33(57)41(65)49(73)42(66)34(29)58/h9-12,77,80H,5-8H2,1-4H3. The molecule has 88 heavy (non-hydrogen) atoms. The molecule has 0 aliphatic carbocycles. The summed E-state index contributed by atoms with van der Waals surface area (Å²) in [6, 6.07) is 0.713. The van der Waals surface area contributed by atoms with Crippen LogP contribution in [0.25, 0.3) is 66.6 Å². The second kappa shape index (κ2) is 23.3. The lowest BCUT2D eigenvalue weighted by molar-refractivity contribution is -0.136. The average Bonchev–Trinajstić information content (AvgIpc) is 1.59. The van der Waals surface area contributed by atoms with Crippen molar-refractivity contribution in [3.05, 3.63) is 186 Å². The molecular weight excluding hydrogens is 1240 g/mol. The monoisotopic (exact) mass is 1260 g/mol. The van der Waals surface area contributed by atoms with Crippen molar-refractivity contribution in [1.82, 2.24) is 19.9 Å². The molecule has 8 bridgehead atoms. The van der Waals surface area contributed by atoms with Crippen LogP contribution in [0.1, 0.15) is 82.3 Å². The molecule has 0 unspecified atom stereocenters. The van der Waals surface area contributed by atoms with Gasteiger partial charge in [0.15, 0.2) is 93.1 Å². The number of benzene rings is 4. The highest BCUT2D eigenvalue weighted by Gasteiger charge is 2.41. The molecule has 2 aliphatic rings. The largest absolute Gasteiger partial charge is 0.462 e. The van der Waals surface area contributed by atoms with Crippen LogP contribution in [0, 0.1) is 116 Å². The maximum absolute atomic E-state index is 16.4. The maximum atomic E-state index is 16.4. The van der Waals surface area contributed by atoms with E-state index in [0.29, 0.717) is 0 Å². The molecule has 0 radical (unpaired) electrons. The van der Waals surface area contributed by atoms with Crippen LogP contribution in [0.15, 0.2) is 24.3 Å². The van der Waals surface area contributed by atoms with E-state index in [1.54, 1.807) is 0 Å². The van der Waals surface area contributed by atoms with Gasteiger partial charge in [0.1, 0.15) is 0 Å². The highest BCUT2D eigenvalue weighted by molar-refractivity contribution is 6.29. The van der Waals surface area contributed by atoms with Gasteiger partial charge in [-0.2, -0.15) is 0 Å². The summed E-state index contributed by atoms with van der Waals surface area (Å²) in [4.78, 5) is 69.7. The Bertz CT molecular complexity index is 4160. The lowest BCUT2D eigenvalue weighted by Gasteiger charge is -2.12. The fourth-order valence-electron chi connectivity index (χ4n) is 9.45. The number of H-pyrrole nitrogens is 2. The summed E-state index contributed by atoms with van der Waals surface area (Å²) in [7, 11) is 0. The quantitative estimate of drug-likeness (QED) is 0.0396. The Kier molecular flexibility index (Phi) is 16.6. The zero-order valence-electron chi connectivity index (χ0n) is 43.9. The van der Waals surface area contributed by atoms with Gasteiger partial charge in [0.2, 0.25) is 23.3 Å². The Morgan fingerprint density at radius 2 is 0.511 bits per heavy atom. The van der Waals surface area contributed by atoms with Crippen LogP contribution < -0.4 is 0 Å². The van der Waals surface area contributed by atoms with Crippen molar-refractivity contribution in [2.45, 2.75) is 27.7 Å². The minimum atomic E-state index is -2.88. The first-order valence-electron chi connectivity index (χ1n) is 24.6. The summed E-state index contributed by atoms with van der Waals surface area (Å²) in [6.45, 7) is 0.828. The van der Waals surface area contributed by atoms with Gasteiger partial charge >= 0.3 is 23.9 Å². The topological polar surface area (TPSA) is 163 Å². The number of nitrogens with zero attached hydrogens (tertiary/aromatic N) is 2. The Balaban J connectivity index is 1.71. The van der Waals surface area contributed by atoms with Gasteiger partial charge in [-0.1, -0.05) is 0 Å². The summed E-state index contributed by atoms with van der Waals surface area (Å²) >= 11 is 0. The number of carbonyl (C=O) groups excluding carboxylic acids is 4. The summed E-state index contributed by atoms with van der Waals surface area (Å²) < 4.78 is 334. The second-order valence-corrected chi connectivity index (χ2v) is 17.9. The van der Waals surface area contributed by atoms with Gasteiger partial charge in [0, 0.05) is 33.3 Å². The number of fused-ring (bicyclic) bond motifs is 8. The summed E-state index contributed by atoms with van der Waals surface area (Å²) in [5, 5.41) is 0. The number of hydrogen-bond acceptors (Lipinski definition) is 10. The van der Waals surface area contributed by atoms with E-state index in [1.165, 1.54) is 0 Å². The third kappa shape index (κ3) is 9.68. The van der Waals surface area contributed by atoms with Crippen LogP contribution in [-0.2, 0) is 28.5 Å². The van der Waals surface area contributed by atoms with Crippen LogP contribution in [0.3, 0.4) is 0 Å². The minimum Gasteiger partial charge on any atom is -0.462 e. The highest BCUT2D eigenvalue weighted by atomic mass is 19.2. The molecule has 2 aliphatic heterocycles. The van der Waals surface area contributed by atoms with E-state index in [4.69, 9.17) is 18.9 Å². The zero-order valence-corrected chi connectivity index (χ0v) is 43.9. The second-order valence-electron chi connectivity index (χ2n) is 17.9. The Hall–Kier alpha value is -10.0. The molecule has 3 aromatic heterocycles. The molecule has 0 spiro atoms. The van der Waals surface area contributed by atoms with E-state index in [-0.39, 0.29) is 24.3 Å². The van der Waals surface area contributed by atoms with Crippen molar-refractivity contribution < 1.29 is 126 Å². The van der Waals surface area contributed by atoms with E-state index in [2.05, 4.69) is 19.9 Å². The van der Waals surface area contributed by atoms with Gasteiger partial charge < -0.3 is 28.9 Å². The molecule has 4 aromatic carbocycles. The molecule has 0 fully saturated rings. The van der Waals surface area contributed by atoms with Gasteiger partial charge in [-0.05, 0) is 52.0 Å². The molecule has 0 atom stereocenters. The molecule has 0 saturated carbocycles. The fourth-order valence-corrected chi connectivity index (χ4v) is 9.45. The SMILES string of the molecule is CCOC(=O)C1=C(c2c(F)c(F)c(F)c(F)c2F)c2cc3[nH]c(cc4nc(cc5[nH]c(cc1n2)c(-c1c(F)c(F)c(F)c(F)c1F)c5C(=O)OCC)C(c1c(F)c(F)c(F)c(F)c1F)=C4C(=O)OCC)c(-c1c(F)c(F)c(F)c(F)c1F)c3C(=O)OCC. The van der Waals surface area contributed by atoms with Crippen molar-refractivity contribution in [3.8, 4) is 22.3 Å². The fraction of sp³-hybridized carbons (Fsp3) is 0.143. The number of hydrogen-bond donors (Lipinski definition) is 2. The number of aromatic nitrogens is 4. The molecule has 32 heteroatoms. The Labute approximate surface area is 475 Å². The molecule has 5 heterocycles. The summed E-state index contributed by atoms with van der Waals surface area (Å²) in [6.07, 6.45) is 0. The minimum absolute atomic E-state index is 0.178. The highest BCUT2D eigenvalue weighted by Crippen LogP contribution is 2.47. The molecule has 0 amide bonds. The third-order valence-electron chi connectivity index (χ3n) is 13.0. The van der Waals surface area contributed by atoms with E-state index in [0.717, 1.165) is 27.7 Å². The van der Waals surface area contributed by atoms with Crippen LogP contribution in [0.2, 0.25) is 0 Å². The maximum Gasteiger partial charge on any atom is 0.341 e. The number of carbonyl (C=O) groups is 4. The smallest absolute Gasteiger partial charge is 0.341 e. The van der Waals surface area contributed by atoms with Crippen LogP contribution in [0.4, 0.5) is 87.8 Å². The van der Waals surface area contributed by atoms with Crippen LogP contribution >= 0.6 is 0 Å².